The number of nitrogens with one attached hydrogen (secondary N) is 1. The summed E-state index contributed by atoms with van der Waals surface area (Å²) in [4.78, 5) is 1.28. The summed E-state index contributed by atoms with van der Waals surface area (Å²) in [7, 11) is 0. The van der Waals surface area contributed by atoms with E-state index in [1.54, 1.807) is 11.3 Å². The number of thiophene rings is 1. The van der Waals surface area contributed by atoms with Gasteiger partial charge in [-0.2, -0.15) is 0 Å². The number of rotatable bonds is 5. The second kappa shape index (κ2) is 6.75. The fourth-order valence-corrected chi connectivity index (χ4v) is 3.31. The van der Waals surface area contributed by atoms with Crippen molar-refractivity contribution >= 4 is 22.9 Å². The maximum absolute atomic E-state index is 5.99. The van der Waals surface area contributed by atoms with Crippen LogP contribution in [0.1, 0.15) is 43.7 Å². The first-order chi connectivity index (χ1) is 9.44. The van der Waals surface area contributed by atoms with Crippen LogP contribution in [-0.2, 0) is 6.54 Å². The van der Waals surface area contributed by atoms with E-state index in [0.29, 0.717) is 11.5 Å². The lowest BCUT2D eigenvalue weighted by Gasteiger charge is -2.27. The minimum Gasteiger partial charge on any atom is -0.305 e. The SMILES string of the molecule is CC(C)(C)CC(NCc1ccc(Cl)s1)c1ccccc1. The van der Waals surface area contributed by atoms with Crippen molar-refractivity contribution in [3.05, 3.63) is 57.2 Å². The molecule has 2 aromatic rings. The third kappa shape index (κ3) is 4.93. The molecule has 0 spiro atoms. The zero-order valence-electron chi connectivity index (χ0n) is 12.3. The molecule has 3 heteroatoms. The van der Waals surface area contributed by atoms with Crippen LogP contribution in [0.25, 0.3) is 0 Å². The largest absolute Gasteiger partial charge is 0.305 e. The average molecular weight is 308 g/mol. The Morgan fingerprint density at radius 1 is 1.10 bits per heavy atom. The van der Waals surface area contributed by atoms with Crippen molar-refractivity contribution in [2.24, 2.45) is 5.41 Å². The first-order valence-corrected chi connectivity index (χ1v) is 8.16. The van der Waals surface area contributed by atoms with Crippen LogP contribution in [0.15, 0.2) is 42.5 Å². The van der Waals surface area contributed by atoms with Crippen molar-refractivity contribution in [2.75, 3.05) is 0 Å². The van der Waals surface area contributed by atoms with E-state index in [1.165, 1.54) is 10.4 Å². The average Bonchev–Trinajstić information content (AvgIpc) is 2.80. The normalized spacial score (nSPS) is 13.4. The van der Waals surface area contributed by atoms with Gasteiger partial charge in [0.15, 0.2) is 0 Å². The molecule has 0 radical (unpaired) electrons. The van der Waals surface area contributed by atoms with Crippen molar-refractivity contribution in [1.29, 1.82) is 0 Å². The molecular formula is C17H22ClNS. The van der Waals surface area contributed by atoms with Gasteiger partial charge in [0.25, 0.3) is 0 Å². The molecule has 0 saturated heterocycles. The van der Waals surface area contributed by atoms with Gasteiger partial charge in [0.1, 0.15) is 0 Å². The Kier molecular flexibility index (Phi) is 5.25. The number of hydrogen-bond donors (Lipinski definition) is 1. The van der Waals surface area contributed by atoms with Gasteiger partial charge in [-0.15, -0.1) is 11.3 Å². The van der Waals surface area contributed by atoms with Crippen LogP contribution in [-0.4, -0.2) is 0 Å². The minimum absolute atomic E-state index is 0.292. The molecule has 0 fully saturated rings. The van der Waals surface area contributed by atoms with Gasteiger partial charge >= 0.3 is 0 Å². The topological polar surface area (TPSA) is 12.0 Å². The predicted molar refractivity (Wildman–Crippen MR) is 89.4 cm³/mol. The van der Waals surface area contributed by atoms with Gasteiger partial charge in [0, 0.05) is 17.5 Å². The molecule has 0 aliphatic rings. The second-order valence-corrected chi connectivity index (χ2v) is 8.11. The van der Waals surface area contributed by atoms with Crippen molar-refractivity contribution in [3.63, 3.8) is 0 Å². The van der Waals surface area contributed by atoms with Crippen molar-refractivity contribution in [1.82, 2.24) is 5.32 Å². The Bertz CT molecular complexity index is 527. The molecular weight excluding hydrogens is 286 g/mol. The van der Waals surface area contributed by atoms with Crippen molar-refractivity contribution < 1.29 is 0 Å². The number of halogens is 1. The van der Waals surface area contributed by atoms with E-state index in [9.17, 15) is 0 Å². The molecule has 1 nitrogen and oxygen atoms in total. The third-order valence-electron chi connectivity index (χ3n) is 3.17. The first kappa shape index (κ1) is 15.6. The zero-order valence-corrected chi connectivity index (χ0v) is 13.9. The molecule has 0 aliphatic heterocycles. The summed E-state index contributed by atoms with van der Waals surface area (Å²) in [5, 5.41) is 3.67. The quantitative estimate of drug-likeness (QED) is 0.750. The third-order valence-corrected chi connectivity index (χ3v) is 4.40. The summed E-state index contributed by atoms with van der Waals surface area (Å²) < 4.78 is 0.855. The van der Waals surface area contributed by atoms with Crippen LogP contribution >= 0.6 is 22.9 Å². The van der Waals surface area contributed by atoms with E-state index >= 15 is 0 Å². The monoisotopic (exact) mass is 307 g/mol. The van der Waals surface area contributed by atoms with Crippen LogP contribution in [0.5, 0.6) is 0 Å². The highest BCUT2D eigenvalue weighted by Crippen LogP contribution is 2.30. The fraction of sp³-hybridized carbons (Fsp3) is 0.412. The molecule has 1 aromatic carbocycles. The summed E-state index contributed by atoms with van der Waals surface area (Å²) >= 11 is 7.64. The highest BCUT2D eigenvalue weighted by Gasteiger charge is 2.19. The van der Waals surface area contributed by atoms with Gasteiger partial charge in [0.2, 0.25) is 0 Å². The van der Waals surface area contributed by atoms with E-state index in [-0.39, 0.29) is 0 Å². The summed E-state index contributed by atoms with van der Waals surface area (Å²) in [6.07, 6.45) is 1.11. The summed E-state index contributed by atoms with van der Waals surface area (Å²) in [6, 6.07) is 15.1. The highest BCUT2D eigenvalue weighted by atomic mass is 35.5. The van der Waals surface area contributed by atoms with Crippen LogP contribution in [0, 0.1) is 5.41 Å². The van der Waals surface area contributed by atoms with Gasteiger partial charge in [-0.1, -0.05) is 62.7 Å². The molecule has 2 rings (SSSR count). The van der Waals surface area contributed by atoms with Gasteiger partial charge in [-0.25, -0.2) is 0 Å². The molecule has 0 aliphatic carbocycles. The Morgan fingerprint density at radius 3 is 2.35 bits per heavy atom. The van der Waals surface area contributed by atoms with Crippen LogP contribution < -0.4 is 5.32 Å². The lowest BCUT2D eigenvalue weighted by Crippen LogP contribution is -2.25. The number of hydrogen-bond acceptors (Lipinski definition) is 2. The highest BCUT2D eigenvalue weighted by molar-refractivity contribution is 7.16. The maximum atomic E-state index is 5.99. The molecule has 1 heterocycles. The van der Waals surface area contributed by atoms with Crippen LogP contribution in [0.2, 0.25) is 4.34 Å². The van der Waals surface area contributed by atoms with Crippen LogP contribution in [0.3, 0.4) is 0 Å². The van der Waals surface area contributed by atoms with Crippen molar-refractivity contribution in [2.45, 2.75) is 39.8 Å². The minimum atomic E-state index is 0.292. The van der Waals surface area contributed by atoms with Gasteiger partial charge in [0.05, 0.1) is 4.34 Å². The van der Waals surface area contributed by atoms with Gasteiger partial charge in [-0.3, -0.25) is 0 Å². The smallest absolute Gasteiger partial charge is 0.0931 e. The molecule has 20 heavy (non-hydrogen) atoms. The van der Waals surface area contributed by atoms with E-state index in [4.69, 9.17) is 11.6 Å². The Hall–Kier alpha value is -0.830. The van der Waals surface area contributed by atoms with E-state index in [2.05, 4.69) is 62.5 Å². The molecule has 0 amide bonds. The lowest BCUT2D eigenvalue weighted by molar-refractivity contribution is 0.310. The first-order valence-electron chi connectivity index (χ1n) is 6.96. The van der Waals surface area contributed by atoms with Crippen LogP contribution in [0.4, 0.5) is 0 Å². The Labute approximate surface area is 131 Å². The molecule has 0 saturated carbocycles. The summed E-state index contributed by atoms with van der Waals surface area (Å²) in [6.45, 7) is 7.72. The molecule has 1 unspecified atom stereocenters. The Balaban J connectivity index is 2.07. The molecule has 1 atom stereocenters. The molecule has 108 valence electrons. The van der Waals surface area contributed by atoms with Gasteiger partial charge in [-0.05, 0) is 29.5 Å². The lowest BCUT2D eigenvalue weighted by atomic mass is 9.85. The molecule has 1 aromatic heterocycles. The maximum Gasteiger partial charge on any atom is 0.0931 e. The molecule has 0 bridgehead atoms. The standard InChI is InChI=1S/C17H22ClNS/c1-17(2,3)11-15(13-7-5-4-6-8-13)19-12-14-9-10-16(18)20-14/h4-10,15,19H,11-12H2,1-3H3. The molecule has 1 N–H and O–H groups in total. The summed E-state index contributed by atoms with van der Waals surface area (Å²) in [5.41, 5.74) is 1.64. The van der Waals surface area contributed by atoms with Gasteiger partial charge < -0.3 is 5.32 Å². The Morgan fingerprint density at radius 2 is 1.80 bits per heavy atom. The van der Waals surface area contributed by atoms with E-state index in [0.717, 1.165) is 17.3 Å². The fourth-order valence-electron chi connectivity index (χ4n) is 2.28. The van der Waals surface area contributed by atoms with Crippen molar-refractivity contribution in [3.8, 4) is 0 Å². The van der Waals surface area contributed by atoms with E-state index in [1.807, 2.05) is 6.07 Å². The zero-order chi connectivity index (χ0) is 14.6. The number of benzene rings is 1. The van der Waals surface area contributed by atoms with E-state index < -0.39 is 0 Å². The predicted octanol–water partition coefficient (Wildman–Crippen LogP) is 5.67. The summed E-state index contributed by atoms with van der Waals surface area (Å²) in [5.74, 6) is 0. The second-order valence-electron chi connectivity index (χ2n) is 6.31.